The van der Waals surface area contributed by atoms with Gasteiger partial charge in [0.2, 0.25) is 0 Å². The van der Waals surface area contributed by atoms with Crippen LogP contribution >= 0.6 is 0 Å². The van der Waals surface area contributed by atoms with E-state index in [0.717, 1.165) is 18.5 Å². The third kappa shape index (κ3) is 1.59. The van der Waals surface area contributed by atoms with E-state index in [0.29, 0.717) is 6.04 Å². The van der Waals surface area contributed by atoms with Crippen LogP contribution in [0, 0.1) is 0 Å². The van der Waals surface area contributed by atoms with Crippen LogP contribution in [0.15, 0.2) is 30.3 Å². The summed E-state index contributed by atoms with van der Waals surface area (Å²) in [5.74, 6) is 0. The van der Waals surface area contributed by atoms with Crippen molar-refractivity contribution in [2.24, 2.45) is 0 Å². The highest BCUT2D eigenvalue weighted by Gasteiger charge is 2.26. The van der Waals surface area contributed by atoms with Crippen LogP contribution in [0.5, 0.6) is 0 Å². The third-order valence-electron chi connectivity index (χ3n) is 2.26. The molecule has 1 aliphatic carbocycles. The van der Waals surface area contributed by atoms with Crippen molar-refractivity contribution in [1.29, 1.82) is 0 Å². The lowest BCUT2D eigenvalue weighted by molar-refractivity contribution is 0.0836. The molecule has 0 aromatic heterocycles. The number of hydrogen-bond donors (Lipinski definition) is 2. The molecule has 64 valence electrons. The minimum Gasteiger partial charge on any atom is -0.393 e. The van der Waals surface area contributed by atoms with Gasteiger partial charge in [-0.3, -0.25) is 0 Å². The Hall–Kier alpha value is -1.02. The summed E-state index contributed by atoms with van der Waals surface area (Å²) >= 11 is 0. The highest BCUT2D eigenvalue weighted by atomic mass is 16.3. The van der Waals surface area contributed by atoms with Gasteiger partial charge >= 0.3 is 0 Å². The zero-order valence-corrected chi connectivity index (χ0v) is 6.90. The topological polar surface area (TPSA) is 32.3 Å². The lowest BCUT2D eigenvalue weighted by atomic mass is 9.89. The second-order valence-electron chi connectivity index (χ2n) is 3.33. The standard InChI is InChI=1S/C10H13NO/c12-10-6-9(7-10)11-8-4-2-1-3-5-8/h1-5,9-12H,6-7H2. The highest BCUT2D eigenvalue weighted by Crippen LogP contribution is 2.23. The van der Waals surface area contributed by atoms with Crippen LogP contribution in [0.25, 0.3) is 0 Å². The molecule has 2 nitrogen and oxygen atoms in total. The fraction of sp³-hybridized carbons (Fsp3) is 0.400. The van der Waals surface area contributed by atoms with Gasteiger partial charge in [0, 0.05) is 11.7 Å². The van der Waals surface area contributed by atoms with Crippen molar-refractivity contribution in [2.75, 3.05) is 5.32 Å². The van der Waals surface area contributed by atoms with E-state index in [1.165, 1.54) is 0 Å². The van der Waals surface area contributed by atoms with Gasteiger partial charge in [0.15, 0.2) is 0 Å². The summed E-state index contributed by atoms with van der Waals surface area (Å²) in [5, 5.41) is 12.4. The fourth-order valence-electron chi connectivity index (χ4n) is 1.48. The van der Waals surface area contributed by atoms with Crippen molar-refractivity contribution in [3.8, 4) is 0 Å². The van der Waals surface area contributed by atoms with Crippen LogP contribution in [0.4, 0.5) is 5.69 Å². The molecule has 1 aromatic carbocycles. The first kappa shape index (κ1) is 7.62. The molecule has 0 bridgehead atoms. The molecule has 0 atom stereocenters. The van der Waals surface area contributed by atoms with E-state index >= 15 is 0 Å². The quantitative estimate of drug-likeness (QED) is 0.694. The lowest BCUT2D eigenvalue weighted by Crippen LogP contribution is -2.38. The zero-order valence-electron chi connectivity index (χ0n) is 6.90. The van der Waals surface area contributed by atoms with Gasteiger partial charge in [-0.15, -0.1) is 0 Å². The first-order valence-corrected chi connectivity index (χ1v) is 4.34. The Morgan fingerprint density at radius 2 is 1.83 bits per heavy atom. The summed E-state index contributed by atoms with van der Waals surface area (Å²) in [4.78, 5) is 0. The molecule has 1 saturated carbocycles. The zero-order chi connectivity index (χ0) is 8.39. The van der Waals surface area contributed by atoms with E-state index in [4.69, 9.17) is 5.11 Å². The number of anilines is 1. The molecule has 0 unspecified atom stereocenters. The van der Waals surface area contributed by atoms with E-state index in [1.54, 1.807) is 0 Å². The minimum atomic E-state index is -0.0776. The number of benzene rings is 1. The van der Waals surface area contributed by atoms with Gasteiger partial charge in [-0.1, -0.05) is 18.2 Å². The molecule has 0 amide bonds. The van der Waals surface area contributed by atoms with Crippen LogP contribution in [-0.4, -0.2) is 17.3 Å². The number of aliphatic hydroxyl groups is 1. The summed E-state index contributed by atoms with van der Waals surface area (Å²) < 4.78 is 0. The predicted octanol–water partition coefficient (Wildman–Crippen LogP) is 1.62. The Labute approximate surface area is 72.2 Å². The van der Waals surface area contributed by atoms with Gasteiger partial charge in [0.25, 0.3) is 0 Å². The van der Waals surface area contributed by atoms with E-state index in [-0.39, 0.29) is 6.10 Å². The molecule has 1 aromatic rings. The van der Waals surface area contributed by atoms with E-state index in [9.17, 15) is 0 Å². The fourth-order valence-corrected chi connectivity index (χ4v) is 1.48. The van der Waals surface area contributed by atoms with Crippen molar-refractivity contribution in [2.45, 2.75) is 25.0 Å². The number of para-hydroxylation sites is 1. The van der Waals surface area contributed by atoms with Crippen molar-refractivity contribution >= 4 is 5.69 Å². The number of rotatable bonds is 2. The molecule has 0 aliphatic heterocycles. The number of aliphatic hydroxyl groups excluding tert-OH is 1. The maximum Gasteiger partial charge on any atom is 0.0579 e. The lowest BCUT2D eigenvalue weighted by Gasteiger charge is -2.32. The van der Waals surface area contributed by atoms with Gasteiger partial charge in [0.1, 0.15) is 0 Å². The maximum absolute atomic E-state index is 9.06. The van der Waals surface area contributed by atoms with E-state index < -0.39 is 0 Å². The smallest absolute Gasteiger partial charge is 0.0579 e. The van der Waals surface area contributed by atoms with E-state index in [2.05, 4.69) is 5.32 Å². The minimum absolute atomic E-state index is 0.0776. The molecule has 0 radical (unpaired) electrons. The Kier molecular flexibility index (Phi) is 2.00. The van der Waals surface area contributed by atoms with Gasteiger partial charge in [-0.05, 0) is 25.0 Å². The molecule has 12 heavy (non-hydrogen) atoms. The monoisotopic (exact) mass is 163 g/mol. The Bertz CT molecular complexity index is 241. The van der Waals surface area contributed by atoms with Crippen molar-refractivity contribution in [1.82, 2.24) is 0 Å². The Morgan fingerprint density at radius 1 is 1.17 bits per heavy atom. The molecule has 0 spiro atoms. The first-order valence-electron chi connectivity index (χ1n) is 4.34. The summed E-state index contributed by atoms with van der Waals surface area (Å²) in [6.07, 6.45) is 1.69. The molecule has 2 heteroatoms. The van der Waals surface area contributed by atoms with Crippen LogP contribution < -0.4 is 5.32 Å². The van der Waals surface area contributed by atoms with Crippen molar-refractivity contribution in [3.05, 3.63) is 30.3 Å². The van der Waals surface area contributed by atoms with E-state index in [1.807, 2.05) is 30.3 Å². The highest BCUT2D eigenvalue weighted by molar-refractivity contribution is 5.43. The SMILES string of the molecule is OC1CC(Nc2ccccc2)C1. The van der Waals surface area contributed by atoms with Gasteiger partial charge < -0.3 is 10.4 Å². The Morgan fingerprint density at radius 3 is 2.42 bits per heavy atom. The normalized spacial score (nSPS) is 27.8. The summed E-state index contributed by atoms with van der Waals surface area (Å²) in [5.41, 5.74) is 1.15. The van der Waals surface area contributed by atoms with Gasteiger partial charge in [-0.2, -0.15) is 0 Å². The largest absolute Gasteiger partial charge is 0.393 e. The maximum atomic E-state index is 9.06. The van der Waals surface area contributed by atoms with Gasteiger partial charge in [0.05, 0.1) is 6.10 Å². The second-order valence-corrected chi connectivity index (χ2v) is 3.33. The number of nitrogens with one attached hydrogen (secondary N) is 1. The molecular weight excluding hydrogens is 150 g/mol. The summed E-state index contributed by atoms with van der Waals surface area (Å²) in [6, 6.07) is 10.6. The van der Waals surface area contributed by atoms with Crippen LogP contribution in [0.1, 0.15) is 12.8 Å². The molecule has 2 rings (SSSR count). The average molecular weight is 163 g/mol. The average Bonchev–Trinajstić information content (AvgIpc) is 2.04. The number of hydrogen-bond acceptors (Lipinski definition) is 2. The molecule has 0 saturated heterocycles. The molecule has 1 aliphatic rings. The molecular formula is C10H13NO. The first-order chi connectivity index (χ1) is 5.84. The molecule has 1 fully saturated rings. The molecule has 2 N–H and O–H groups in total. The second kappa shape index (κ2) is 3.15. The van der Waals surface area contributed by atoms with Gasteiger partial charge in [-0.25, -0.2) is 0 Å². The predicted molar refractivity (Wildman–Crippen MR) is 49.1 cm³/mol. The molecule has 0 heterocycles. The van der Waals surface area contributed by atoms with Crippen LogP contribution in [-0.2, 0) is 0 Å². The third-order valence-corrected chi connectivity index (χ3v) is 2.26. The summed E-state index contributed by atoms with van der Waals surface area (Å²) in [7, 11) is 0. The van der Waals surface area contributed by atoms with Crippen LogP contribution in [0.2, 0.25) is 0 Å². The van der Waals surface area contributed by atoms with Crippen LogP contribution in [0.3, 0.4) is 0 Å². The Balaban J connectivity index is 1.88. The van der Waals surface area contributed by atoms with Crippen molar-refractivity contribution in [3.63, 3.8) is 0 Å². The van der Waals surface area contributed by atoms with Crippen molar-refractivity contribution < 1.29 is 5.11 Å². The summed E-state index contributed by atoms with van der Waals surface area (Å²) in [6.45, 7) is 0.